The highest BCUT2D eigenvalue weighted by molar-refractivity contribution is 9.10. The van der Waals surface area contributed by atoms with Gasteiger partial charge in [0.1, 0.15) is 0 Å². The highest BCUT2D eigenvalue weighted by Gasteiger charge is 2.51. The average molecular weight is 354 g/mol. The number of aromatic nitrogens is 2. The van der Waals surface area contributed by atoms with Gasteiger partial charge in [0, 0.05) is 19.6 Å². The summed E-state index contributed by atoms with van der Waals surface area (Å²) in [5, 5.41) is 8.32. The second kappa shape index (κ2) is 5.69. The number of hydrogen-bond donors (Lipinski definition) is 1. The molecular formula is C17H28BrN3. The largest absolute Gasteiger partial charge is 0.314 e. The van der Waals surface area contributed by atoms with E-state index in [9.17, 15) is 0 Å². The maximum absolute atomic E-state index is 4.59. The van der Waals surface area contributed by atoms with E-state index < -0.39 is 0 Å². The van der Waals surface area contributed by atoms with Gasteiger partial charge in [0.2, 0.25) is 0 Å². The Morgan fingerprint density at radius 2 is 2.19 bits per heavy atom. The zero-order chi connectivity index (χ0) is 15.2. The molecule has 2 aliphatic carbocycles. The zero-order valence-electron chi connectivity index (χ0n) is 13.7. The normalized spacial score (nSPS) is 31.5. The number of hydrogen-bond acceptors (Lipinski definition) is 2. The van der Waals surface area contributed by atoms with Crippen LogP contribution in [0, 0.1) is 24.2 Å². The van der Waals surface area contributed by atoms with E-state index in [-0.39, 0.29) is 0 Å². The van der Waals surface area contributed by atoms with Crippen LogP contribution in [-0.4, -0.2) is 22.4 Å². The molecule has 3 unspecified atom stereocenters. The summed E-state index contributed by atoms with van der Waals surface area (Å²) in [4.78, 5) is 0. The number of aryl methyl sites for hydroxylation is 2. The van der Waals surface area contributed by atoms with E-state index in [0.717, 1.165) is 30.5 Å². The molecule has 0 aliphatic heterocycles. The first-order chi connectivity index (χ1) is 9.91. The summed E-state index contributed by atoms with van der Waals surface area (Å²) in [6.07, 6.45) is 6.90. The van der Waals surface area contributed by atoms with Gasteiger partial charge in [-0.2, -0.15) is 5.10 Å². The van der Waals surface area contributed by atoms with Crippen LogP contribution in [0.4, 0.5) is 0 Å². The Labute approximate surface area is 137 Å². The number of fused-ring (bicyclic) bond motifs is 2. The van der Waals surface area contributed by atoms with E-state index in [1.165, 1.54) is 35.8 Å². The zero-order valence-corrected chi connectivity index (χ0v) is 15.3. The minimum Gasteiger partial charge on any atom is -0.314 e. The van der Waals surface area contributed by atoms with Gasteiger partial charge in [-0.05, 0) is 65.8 Å². The third-order valence-corrected chi connectivity index (χ3v) is 6.78. The van der Waals surface area contributed by atoms with Crippen molar-refractivity contribution in [2.24, 2.45) is 24.3 Å². The molecule has 1 N–H and O–H groups in total. The number of nitrogens with zero attached hydrogens (tertiary/aromatic N) is 2. The number of rotatable bonds is 5. The monoisotopic (exact) mass is 353 g/mol. The predicted molar refractivity (Wildman–Crippen MR) is 90.4 cm³/mol. The Morgan fingerprint density at radius 3 is 2.67 bits per heavy atom. The Hall–Kier alpha value is -0.350. The Morgan fingerprint density at radius 1 is 1.43 bits per heavy atom. The van der Waals surface area contributed by atoms with Crippen molar-refractivity contribution in [3.63, 3.8) is 0 Å². The molecule has 3 atom stereocenters. The fourth-order valence-corrected chi connectivity index (χ4v) is 5.14. The summed E-state index contributed by atoms with van der Waals surface area (Å²) in [7, 11) is 2.09. The molecule has 0 saturated heterocycles. The van der Waals surface area contributed by atoms with Gasteiger partial charge in [-0.3, -0.25) is 4.68 Å². The van der Waals surface area contributed by atoms with Gasteiger partial charge in [-0.1, -0.05) is 20.3 Å². The molecular weight excluding hydrogens is 326 g/mol. The van der Waals surface area contributed by atoms with E-state index in [1.54, 1.807) is 0 Å². The Balaban J connectivity index is 1.86. The predicted octanol–water partition coefficient (Wildman–Crippen LogP) is 3.84. The molecule has 1 aromatic rings. The van der Waals surface area contributed by atoms with Crippen molar-refractivity contribution in [2.45, 2.75) is 58.9 Å². The van der Waals surface area contributed by atoms with Crippen molar-refractivity contribution in [1.82, 2.24) is 15.1 Å². The molecule has 1 aromatic heterocycles. The lowest BCUT2D eigenvalue weighted by Crippen LogP contribution is -2.43. The molecule has 0 spiro atoms. The van der Waals surface area contributed by atoms with Gasteiger partial charge in [-0.15, -0.1) is 0 Å². The molecule has 21 heavy (non-hydrogen) atoms. The third kappa shape index (κ3) is 2.81. The fraction of sp³-hybridized carbons (Fsp3) is 0.824. The van der Waals surface area contributed by atoms with Crippen molar-refractivity contribution in [3.05, 3.63) is 15.9 Å². The Kier molecular flexibility index (Phi) is 4.21. The van der Waals surface area contributed by atoms with Gasteiger partial charge in [0.05, 0.1) is 15.9 Å². The van der Waals surface area contributed by atoms with Crippen LogP contribution in [0.15, 0.2) is 4.47 Å². The highest BCUT2D eigenvalue weighted by Crippen LogP contribution is 2.57. The molecule has 2 fully saturated rings. The van der Waals surface area contributed by atoms with Gasteiger partial charge in [0.25, 0.3) is 0 Å². The summed E-state index contributed by atoms with van der Waals surface area (Å²) in [6.45, 7) is 7.76. The van der Waals surface area contributed by atoms with Crippen LogP contribution in [0.2, 0.25) is 0 Å². The molecule has 3 nitrogen and oxygen atoms in total. The van der Waals surface area contributed by atoms with Crippen LogP contribution in [0.5, 0.6) is 0 Å². The minimum absolute atomic E-state index is 0.440. The van der Waals surface area contributed by atoms with Crippen molar-refractivity contribution in [2.75, 3.05) is 6.54 Å². The molecule has 0 aromatic carbocycles. The van der Waals surface area contributed by atoms with E-state index in [1.807, 2.05) is 0 Å². The second-order valence-electron chi connectivity index (χ2n) is 7.62. The molecule has 1 heterocycles. The van der Waals surface area contributed by atoms with Crippen LogP contribution < -0.4 is 5.32 Å². The molecule has 0 radical (unpaired) electrons. The Bertz CT molecular complexity index is 522. The van der Waals surface area contributed by atoms with Gasteiger partial charge in [0.15, 0.2) is 0 Å². The van der Waals surface area contributed by atoms with Crippen molar-refractivity contribution in [1.29, 1.82) is 0 Å². The minimum atomic E-state index is 0.440. The van der Waals surface area contributed by atoms with E-state index in [2.05, 4.69) is 58.8 Å². The lowest BCUT2D eigenvalue weighted by Gasteiger charge is -2.39. The topological polar surface area (TPSA) is 29.9 Å². The maximum Gasteiger partial charge on any atom is 0.0738 e. The van der Waals surface area contributed by atoms with E-state index in [0.29, 0.717) is 11.5 Å². The molecule has 0 amide bonds. The lowest BCUT2D eigenvalue weighted by atomic mass is 9.70. The molecule has 3 rings (SSSR count). The van der Waals surface area contributed by atoms with Gasteiger partial charge in [-0.25, -0.2) is 0 Å². The molecule has 118 valence electrons. The molecule has 2 saturated carbocycles. The first kappa shape index (κ1) is 15.5. The summed E-state index contributed by atoms with van der Waals surface area (Å²) in [6, 6.07) is 0.567. The van der Waals surface area contributed by atoms with E-state index >= 15 is 0 Å². The quantitative estimate of drug-likeness (QED) is 0.871. The number of halogens is 1. The van der Waals surface area contributed by atoms with Crippen LogP contribution in [0.1, 0.15) is 50.9 Å². The van der Waals surface area contributed by atoms with Crippen LogP contribution >= 0.6 is 15.9 Å². The lowest BCUT2D eigenvalue weighted by molar-refractivity contribution is 0.149. The smallest absolute Gasteiger partial charge is 0.0738 e. The first-order valence-corrected chi connectivity index (χ1v) is 9.12. The van der Waals surface area contributed by atoms with Crippen LogP contribution in [0.3, 0.4) is 0 Å². The summed E-state index contributed by atoms with van der Waals surface area (Å²) in [5.41, 5.74) is 2.93. The number of nitrogens with one attached hydrogen (secondary N) is 1. The SMILES string of the molecule is Cc1nn(C)c(CC2(CNC(C)C)CC3CCC2C3)c1Br. The van der Waals surface area contributed by atoms with Crippen LogP contribution in [0.25, 0.3) is 0 Å². The van der Waals surface area contributed by atoms with Crippen LogP contribution in [-0.2, 0) is 13.5 Å². The fourth-order valence-electron chi connectivity index (χ4n) is 4.67. The van der Waals surface area contributed by atoms with Gasteiger partial charge >= 0.3 is 0 Å². The molecule has 4 heteroatoms. The van der Waals surface area contributed by atoms with E-state index in [4.69, 9.17) is 0 Å². The summed E-state index contributed by atoms with van der Waals surface area (Å²) in [5.74, 6) is 1.87. The second-order valence-corrected chi connectivity index (χ2v) is 8.42. The molecule has 2 aliphatic rings. The van der Waals surface area contributed by atoms with Crippen molar-refractivity contribution in [3.8, 4) is 0 Å². The third-order valence-electron chi connectivity index (χ3n) is 5.75. The average Bonchev–Trinajstić information content (AvgIpc) is 3.08. The molecule has 2 bridgehead atoms. The van der Waals surface area contributed by atoms with Crippen molar-refractivity contribution >= 4 is 15.9 Å². The first-order valence-electron chi connectivity index (χ1n) is 8.32. The standard InChI is InChI=1S/C17H28BrN3/c1-11(2)19-10-17(8-13-5-6-14(17)7-13)9-15-16(18)12(3)20-21(15)4/h11,13-14,19H,5-10H2,1-4H3. The van der Waals surface area contributed by atoms with Crippen molar-refractivity contribution < 1.29 is 0 Å². The summed E-state index contributed by atoms with van der Waals surface area (Å²) >= 11 is 3.76. The van der Waals surface area contributed by atoms with Gasteiger partial charge < -0.3 is 5.32 Å². The highest BCUT2D eigenvalue weighted by atomic mass is 79.9. The summed E-state index contributed by atoms with van der Waals surface area (Å²) < 4.78 is 3.31. The maximum atomic E-state index is 4.59.